The Bertz CT molecular complexity index is 1140. The topological polar surface area (TPSA) is 109 Å². The molecule has 2 aromatic carbocycles. The maximum Gasteiger partial charge on any atom is 0.289 e. The molecule has 1 amide bonds. The van der Waals surface area contributed by atoms with Crippen LogP contribution in [0.2, 0.25) is 0 Å². The van der Waals surface area contributed by atoms with E-state index in [0.717, 1.165) is 0 Å². The van der Waals surface area contributed by atoms with Gasteiger partial charge in [-0.15, -0.1) is 0 Å². The molecule has 2 N–H and O–H groups in total. The van der Waals surface area contributed by atoms with Gasteiger partial charge in [0.15, 0.2) is 5.69 Å². The van der Waals surface area contributed by atoms with Gasteiger partial charge in [0.25, 0.3) is 21.5 Å². The fourth-order valence-electron chi connectivity index (χ4n) is 2.10. The number of rotatable bonds is 3. The molecule has 1 heterocycles. The van der Waals surface area contributed by atoms with Gasteiger partial charge in [-0.2, -0.15) is 0 Å². The van der Waals surface area contributed by atoms with E-state index in [2.05, 4.69) is 41.8 Å². The monoisotopic (exact) mass is 485 g/mol. The Morgan fingerprint density at radius 2 is 1.80 bits per heavy atom. The summed E-state index contributed by atoms with van der Waals surface area (Å²) in [6.45, 7) is 0. The van der Waals surface area contributed by atoms with Crippen molar-refractivity contribution in [1.82, 2.24) is 14.7 Å². The minimum Gasteiger partial charge on any atom is -0.318 e. The highest BCUT2D eigenvalue weighted by atomic mass is 79.9. The van der Waals surface area contributed by atoms with Gasteiger partial charge in [-0.05, 0) is 40.2 Å². The third-order valence-electron chi connectivity index (χ3n) is 3.22. The van der Waals surface area contributed by atoms with Gasteiger partial charge < -0.3 is 4.98 Å². The molecule has 0 aliphatic rings. The standard InChI is InChI=1S/C15H9Br2N3O4S/c16-8-6-10(17)12-11(7-8)18-13(14(21)19-12)15(22)20-25(23,24)9-4-2-1-3-5-9/h1-7H,(H,19,21)(H,20,22). The Morgan fingerprint density at radius 3 is 2.48 bits per heavy atom. The lowest BCUT2D eigenvalue weighted by Crippen LogP contribution is -2.35. The third-order valence-corrected chi connectivity index (χ3v) is 5.65. The van der Waals surface area contributed by atoms with Gasteiger partial charge >= 0.3 is 0 Å². The second-order valence-corrected chi connectivity index (χ2v) is 8.40. The molecule has 0 radical (unpaired) electrons. The molecule has 10 heteroatoms. The number of fused-ring (bicyclic) bond motifs is 1. The molecular formula is C15H9Br2N3O4S. The summed E-state index contributed by atoms with van der Waals surface area (Å²) >= 11 is 6.57. The number of hydrogen-bond acceptors (Lipinski definition) is 5. The Morgan fingerprint density at radius 1 is 1.12 bits per heavy atom. The molecule has 7 nitrogen and oxygen atoms in total. The number of nitrogens with one attached hydrogen (secondary N) is 2. The maximum absolute atomic E-state index is 12.3. The van der Waals surface area contributed by atoms with Crippen molar-refractivity contribution in [2.75, 3.05) is 0 Å². The van der Waals surface area contributed by atoms with Crippen LogP contribution in [0.25, 0.3) is 11.0 Å². The quantitative estimate of drug-likeness (QED) is 0.591. The van der Waals surface area contributed by atoms with Crippen molar-refractivity contribution in [3.8, 4) is 0 Å². The lowest BCUT2D eigenvalue weighted by molar-refractivity contribution is 0.0975. The predicted molar refractivity (Wildman–Crippen MR) is 98.9 cm³/mol. The first kappa shape index (κ1) is 17.8. The van der Waals surface area contributed by atoms with Gasteiger partial charge in [-0.1, -0.05) is 34.1 Å². The predicted octanol–water partition coefficient (Wildman–Crippen LogP) is 2.57. The summed E-state index contributed by atoms with van der Waals surface area (Å²) < 4.78 is 27.5. The highest BCUT2D eigenvalue weighted by molar-refractivity contribution is 9.11. The smallest absolute Gasteiger partial charge is 0.289 e. The van der Waals surface area contributed by atoms with Crippen LogP contribution in [0, 0.1) is 0 Å². The van der Waals surface area contributed by atoms with Crippen molar-refractivity contribution >= 4 is 58.8 Å². The second-order valence-electron chi connectivity index (χ2n) is 4.94. The van der Waals surface area contributed by atoms with Crippen LogP contribution in [0.1, 0.15) is 10.5 Å². The van der Waals surface area contributed by atoms with Crippen molar-refractivity contribution in [2.45, 2.75) is 4.90 Å². The first-order chi connectivity index (χ1) is 11.8. The Hall–Kier alpha value is -2.04. The fraction of sp³-hybridized carbons (Fsp3) is 0. The van der Waals surface area contributed by atoms with Crippen LogP contribution in [0.4, 0.5) is 0 Å². The summed E-state index contributed by atoms with van der Waals surface area (Å²) in [5.74, 6) is -1.11. The molecule has 0 atom stereocenters. The van der Waals surface area contributed by atoms with Gasteiger partial charge in [-0.25, -0.2) is 18.1 Å². The molecule has 0 spiro atoms. The molecule has 0 bridgehead atoms. The van der Waals surface area contributed by atoms with E-state index in [1.165, 1.54) is 24.3 Å². The number of aromatic amines is 1. The van der Waals surface area contributed by atoms with Gasteiger partial charge in [0, 0.05) is 8.95 Å². The molecule has 0 aliphatic heterocycles. The summed E-state index contributed by atoms with van der Waals surface area (Å²) in [7, 11) is -4.10. The first-order valence-corrected chi connectivity index (χ1v) is 9.86. The maximum atomic E-state index is 12.3. The molecule has 3 rings (SSSR count). The third kappa shape index (κ3) is 3.65. The number of benzene rings is 2. The number of H-pyrrole nitrogens is 1. The van der Waals surface area contributed by atoms with Crippen LogP contribution in [0.5, 0.6) is 0 Å². The fourth-order valence-corrected chi connectivity index (χ4v) is 4.37. The zero-order valence-electron chi connectivity index (χ0n) is 12.3. The van der Waals surface area contributed by atoms with Crippen molar-refractivity contribution < 1.29 is 13.2 Å². The van der Waals surface area contributed by atoms with Crippen LogP contribution in [-0.2, 0) is 10.0 Å². The summed E-state index contributed by atoms with van der Waals surface area (Å²) in [5, 5.41) is 0. The van der Waals surface area contributed by atoms with E-state index >= 15 is 0 Å². The van der Waals surface area contributed by atoms with E-state index in [0.29, 0.717) is 20.0 Å². The van der Waals surface area contributed by atoms with E-state index in [-0.39, 0.29) is 4.90 Å². The van der Waals surface area contributed by atoms with Crippen LogP contribution in [0.15, 0.2) is 61.1 Å². The highest BCUT2D eigenvalue weighted by Gasteiger charge is 2.22. The van der Waals surface area contributed by atoms with E-state index in [4.69, 9.17) is 0 Å². The van der Waals surface area contributed by atoms with E-state index in [1.807, 2.05) is 4.72 Å². The molecule has 0 saturated heterocycles. The average molecular weight is 487 g/mol. The number of halogens is 2. The van der Waals surface area contributed by atoms with E-state index in [1.54, 1.807) is 18.2 Å². The molecule has 0 aliphatic carbocycles. The number of nitrogens with zero attached hydrogens (tertiary/aromatic N) is 1. The molecule has 3 aromatic rings. The van der Waals surface area contributed by atoms with Crippen LogP contribution < -0.4 is 10.3 Å². The van der Waals surface area contributed by atoms with Crippen molar-refractivity contribution in [2.24, 2.45) is 0 Å². The Balaban J connectivity index is 2.03. The van der Waals surface area contributed by atoms with Gasteiger partial charge in [-0.3, -0.25) is 9.59 Å². The summed E-state index contributed by atoms with van der Waals surface area (Å²) in [6, 6.07) is 10.7. The van der Waals surface area contributed by atoms with Crippen molar-refractivity contribution in [3.63, 3.8) is 0 Å². The molecule has 0 fully saturated rings. The normalized spacial score (nSPS) is 11.4. The SMILES string of the molecule is O=C(NS(=O)(=O)c1ccccc1)c1nc2cc(Br)cc(Br)c2[nH]c1=O. The molecule has 0 unspecified atom stereocenters. The summed E-state index contributed by atoms with van der Waals surface area (Å²) in [4.78, 5) is 30.8. The van der Waals surface area contributed by atoms with Crippen LogP contribution in [0.3, 0.4) is 0 Å². The second kappa shape index (κ2) is 6.70. The molecule has 1 aromatic heterocycles. The number of hydrogen-bond donors (Lipinski definition) is 2. The molecular weight excluding hydrogens is 478 g/mol. The van der Waals surface area contributed by atoms with Crippen LogP contribution in [-0.4, -0.2) is 24.3 Å². The number of carbonyl (C=O) groups excluding carboxylic acids is 1. The average Bonchev–Trinajstić information content (AvgIpc) is 2.55. The first-order valence-electron chi connectivity index (χ1n) is 6.79. The Labute approximate surface area is 158 Å². The van der Waals surface area contributed by atoms with Crippen molar-refractivity contribution in [1.29, 1.82) is 0 Å². The van der Waals surface area contributed by atoms with E-state index in [9.17, 15) is 18.0 Å². The van der Waals surface area contributed by atoms with Gasteiger partial charge in [0.05, 0.1) is 15.9 Å². The number of aromatic nitrogens is 2. The van der Waals surface area contributed by atoms with Gasteiger partial charge in [0.1, 0.15) is 0 Å². The Kier molecular flexibility index (Phi) is 4.76. The lowest BCUT2D eigenvalue weighted by Gasteiger charge is -2.07. The molecule has 0 saturated carbocycles. The highest BCUT2D eigenvalue weighted by Crippen LogP contribution is 2.25. The summed E-state index contributed by atoms with van der Waals surface area (Å²) in [5.41, 5.74) is -0.618. The molecule has 25 heavy (non-hydrogen) atoms. The zero-order chi connectivity index (χ0) is 18.2. The van der Waals surface area contributed by atoms with Crippen LogP contribution >= 0.6 is 31.9 Å². The largest absolute Gasteiger partial charge is 0.318 e. The zero-order valence-corrected chi connectivity index (χ0v) is 16.3. The van der Waals surface area contributed by atoms with Crippen molar-refractivity contribution in [3.05, 3.63) is 67.5 Å². The molecule has 128 valence electrons. The number of carbonyl (C=O) groups is 1. The summed E-state index contributed by atoms with van der Waals surface area (Å²) in [6.07, 6.45) is 0. The number of amides is 1. The van der Waals surface area contributed by atoms with E-state index < -0.39 is 27.2 Å². The number of sulfonamides is 1. The lowest BCUT2D eigenvalue weighted by atomic mass is 10.3. The minimum absolute atomic E-state index is 0.0916. The minimum atomic E-state index is -4.10. The van der Waals surface area contributed by atoms with Gasteiger partial charge in [0.2, 0.25) is 0 Å².